The lowest BCUT2D eigenvalue weighted by Gasteiger charge is -2.27. The van der Waals surface area contributed by atoms with Crippen LogP contribution in [0.5, 0.6) is 0 Å². The van der Waals surface area contributed by atoms with E-state index >= 15 is 0 Å². The smallest absolute Gasteiger partial charge is 0.220 e. The van der Waals surface area contributed by atoms with Crippen molar-refractivity contribution in [1.29, 1.82) is 0 Å². The molecule has 3 aromatic rings. The van der Waals surface area contributed by atoms with Gasteiger partial charge >= 0.3 is 0 Å². The van der Waals surface area contributed by atoms with E-state index < -0.39 is 0 Å². The predicted octanol–water partition coefficient (Wildman–Crippen LogP) is 4.62. The quantitative estimate of drug-likeness (QED) is 0.611. The second-order valence-corrected chi connectivity index (χ2v) is 8.33. The highest BCUT2D eigenvalue weighted by atomic mass is 35.5. The first kappa shape index (κ1) is 20.8. The Labute approximate surface area is 175 Å². The van der Waals surface area contributed by atoms with E-state index in [1.54, 1.807) is 11.3 Å². The van der Waals surface area contributed by atoms with E-state index in [-0.39, 0.29) is 18.3 Å². The molecule has 0 spiro atoms. The van der Waals surface area contributed by atoms with E-state index in [1.807, 2.05) is 30.3 Å². The molecule has 1 saturated heterocycles. The Morgan fingerprint density at radius 3 is 2.86 bits per heavy atom. The van der Waals surface area contributed by atoms with Crippen LogP contribution in [-0.4, -0.2) is 24.0 Å². The number of furan rings is 1. The first-order valence-corrected chi connectivity index (χ1v) is 10.4. The fourth-order valence-corrected chi connectivity index (χ4v) is 4.62. The van der Waals surface area contributed by atoms with Crippen molar-refractivity contribution < 1.29 is 9.21 Å². The Balaban J connectivity index is 0.00000225. The van der Waals surface area contributed by atoms with E-state index in [4.69, 9.17) is 4.42 Å². The number of hydrogen-bond donors (Lipinski definition) is 2. The number of nitrogens with one attached hydrogen (secondary N) is 2. The van der Waals surface area contributed by atoms with Crippen molar-refractivity contribution in [2.75, 3.05) is 13.1 Å². The van der Waals surface area contributed by atoms with Crippen LogP contribution in [0.4, 0.5) is 0 Å². The minimum Gasteiger partial charge on any atom is -0.457 e. The van der Waals surface area contributed by atoms with Gasteiger partial charge in [-0.25, -0.2) is 4.98 Å². The summed E-state index contributed by atoms with van der Waals surface area (Å²) in [7, 11) is 0. The van der Waals surface area contributed by atoms with Crippen LogP contribution >= 0.6 is 23.7 Å². The lowest BCUT2D eigenvalue weighted by molar-refractivity contribution is -0.122. The Morgan fingerprint density at radius 1 is 1.29 bits per heavy atom. The summed E-state index contributed by atoms with van der Waals surface area (Å²) < 4.78 is 7.04. The molecular weight excluding hydrogens is 394 g/mol. The van der Waals surface area contributed by atoms with Gasteiger partial charge in [-0.1, -0.05) is 19.1 Å². The molecule has 0 aliphatic carbocycles. The number of fused-ring (bicyclic) bond motifs is 1. The standard InChI is InChI=1S/C21H25N3O2S.ClH/c1-14(15-8-10-22-11-9-15)12-20(25)23-13-16-6-7-18(26-16)21-24-17-4-2-3-5-19(17)27-21;/h2-7,14-15,22H,8-13H2,1H3,(H,23,25);1H. The summed E-state index contributed by atoms with van der Waals surface area (Å²) in [6, 6.07) is 11.9. The molecule has 0 radical (unpaired) electrons. The van der Waals surface area contributed by atoms with Gasteiger partial charge in [0.25, 0.3) is 0 Å². The summed E-state index contributed by atoms with van der Waals surface area (Å²) in [6.45, 7) is 4.74. The summed E-state index contributed by atoms with van der Waals surface area (Å²) in [5, 5.41) is 7.24. The summed E-state index contributed by atoms with van der Waals surface area (Å²) >= 11 is 1.61. The maximum atomic E-state index is 12.3. The molecule has 3 heterocycles. The van der Waals surface area contributed by atoms with Gasteiger partial charge in [0.1, 0.15) is 5.76 Å². The van der Waals surface area contributed by atoms with Crippen LogP contribution in [0.2, 0.25) is 0 Å². The molecule has 2 aromatic heterocycles. The summed E-state index contributed by atoms with van der Waals surface area (Å²) in [4.78, 5) is 16.9. The van der Waals surface area contributed by atoms with Gasteiger partial charge in [0.15, 0.2) is 10.8 Å². The van der Waals surface area contributed by atoms with Crippen molar-refractivity contribution >= 4 is 39.9 Å². The molecule has 1 unspecified atom stereocenters. The lowest BCUT2D eigenvalue weighted by atomic mass is 9.84. The van der Waals surface area contributed by atoms with Crippen molar-refractivity contribution in [3.8, 4) is 10.8 Å². The SMILES string of the molecule is CC(CC(=O)NCc1ccc(-c2nc3ccccc3s2)o1)C1CCNCC1.Cl. The van der Waals surface area contributed by atoms with Gasteiger partial charge in [-0.2, -0.15) is 0 Å². The number of carbonyl (C=O) groups excluding carboxylic acids is 1. The molecule has 7 heteroatoms. The molecule has 28 heavy (non-hydrogen) atoms. The summed E-state index contributed by atoms with van der Waals surface area (Å²) in [6.07, 6.45) is 2.91. The molecule has 1 amide bonds. The molecule has 1 atom stereocenters. The molecule has 0 saturated carbocycles. The van der Waals surface area contributed by atoms with Crippen molar-refractivity contribution in [2.24, 2.45) is 11.8 Å². The van der Waals surface area contributed by atoms with E-state index in [9.17, 15) is 4.79 Å². The van der Waals surface area contributed by atoms with E-state index in [1.165, 1.54) is 0 Å². The molecular formula is C21H26ClN3O2S. The number of halogens is 1. The van der Waals surface area contributed by atoms with Gasteiger partial charge in [-0.05, 0) is 62.0 Å². The molecule has 2 N–H and O–H groups in total. The van der Waals surface area contributed by atoms with E-state index in [0.29, 0.717) is 24.8 Å². The number of benzene rings is 1. The summed E-state index contributed by atoms with van der Waals surface area (Å²) in [5.74, 6) is 2.67. The van der Waals surface area contributed by atoms with Crippen LogP contribution < -0.4 is 10.6 Å². The largest absolute Gasteiger partial charge is 0.457 e. The average molecular weight is 420 g/mol. The lowest BCUT2D eigenvalue weighted by Crippen LogP contribution is -2.33. The third-order valence-electron chi connectivity index (χ3n) is 5.32. The summed E-state index contributed by atoms with van der Waals surface area (Å²) in [5.41, 5.74) is 0.982. The number of carbonyl (C=O) groups is 1. The van der Waals surface area contributed by atoms with Crippen LogP contribution in [0.1, 0.15) is 31.9 Å². The topological polar surface area (TPSA) is 67.2 Å². The Hall–Kier alpha value is -1.89. The number of nitrogens with zero attached hydrogens (tertiary/aromatic N) is 1. The van der Waals surface area contributed by atoms with E-state index in [0.717, 1.165) is 52.7 Å². The maximum Gasteiger partial charge on any atom is 0.220 e. The molecule has 150 valence electrons. The fourth-order valence-electron chi connectivity index (χ4n) is 3.70. The van der Waals surface area contributed by atoms with Crippen LogP contribution in [0.15, 0.2) is 40.8 Å². The average Bonchev–Trinajstić information content (AvgIpc) is 3.33. The molecule has 1 aliphatic rings. The zero-order valence-electron chi connectivity index (χ0n) is 15.9. The fraction of sp³-hybridized carbons (Fsp3) is 0.429. The highest BCUT2D eigenvalue weighted by Crippen LogP contribution is 2.31. The third kappa shape index (κ3) is 4.93. The van der Waals surface area contributed by atoms with Crippen molar-refractivity contribution in [3.05, 3.63) is 42.2 Å². The number of aromatic nitrogens is 1. The third-order valence-corrected chi connectivity index (χ3v) is 6.37. The zero-order valence-corrected chi connectivity index (χ0v) is 17.6. The van der Waals surface area contributed by atoms with Crippen LogP contribution in [0.3, 0.4) is 0 Å². The van der Waals surface area contributed by atoms with Crippen LogP contribution in [-0.2, 0) is 11.3 Å². The van der Waals surface area contributed by atoms with Gasteiger partial charge < -0.3 is 15.1 Å². The minimum atomic E-state index is 0. The second-order valence-electron chi connectivity index (χ2n) is 7.30. The number of amides is 1. The zero-order chi connectivity index (χ0) is 18.6. The number of hydrogen-bond acceptors (Lipinski definition) is 5. The van der Waals surface area contributed by atoms with Gasteiger partial charge in [0.05, 0.1) is 16.8 Å². The number of rotatable bonds is 6. The molecule has 5 nitrogen and oxygen atoms in total. The first-order valence-electron chi connectivity index (χ1n) is 9.61. The Bertz CT molecular complexity index is 884. The van der Waals surface area contributed by atoms with Gasteiger partial charge in [-0.15, -0.1) is 23.7 Å². The highest BCUT2D eigenvalue weighted by molar-refractivity contribution is 7.21. The second kappa shape index (κ2) is 9.54. The normalized spacial score (nSPS) is 15.9. The van der Waals surface area contributed by atoms with Crippen molar-refractivity contribution in [1.82, 2.24) is 15.6 Å². The predicted molar refractivity (Wildman–Crippen MR) is 116 cm³/mol. The van der Waals surface area contributed by atoms with Crippen LogP contribution in [0, 0.1) is 11.8 Å². The van der Waals surface area contributed by atoms with Gasteiger partial charge in [0.2, 0.25) is 5.91 Å². The number of thiazole rings is 1. The Morgan fingerprint density at radius 2 is 2.07 bits per heavy atom. The molecule has 4 rings (SSSR count). The minimum absolute atomic E-state index is 0. The van der Waals surface area contributed by atoms with Gasteiger partial charge in [-0.3, -0.25) is 4.79 Å². The molecule has 1 aromatic carbocycles. The number of piperidine rings is 1. The van der Waals surface area contributed by atoms with Crippen LogP contribution in [0.25, 0.3) is 21.0 Å². The van der Waals surface area contributed by atoms with Crippen molar-refractivity contribution in [3.63, 3.8) is 0 Å². The number of para-hydroxylation sites is 1. The molecule has 0 bridgehead atoms. The van der Waals surface area contributed by atoms with E-state index in [2.05, 4.69) is 28.6 Å². The monoisotopic (exact) mass is 419 g/mol. The highest BCUT2D eigenvalue weighted by Gasteiger charge is 2.22. The molecule has 1 aliphatic heterocycles. The maximum absolute atomic E-state index is 12.3. The molecule has 1 fully saturated rings. The first-order chi connectivity index (χ1) is 13.2. The van der Waals surface area contributed by atoms with Gasteiger partial charge in [0, 0.05) is 6.42 Å². The van der Waals surface area contributed by atoms with Crippen molar-refractivity contribution in [2.45, 2.75) is 32.7 Å². The Kier molecular flexibility index (Phi) is 7.10.